The van der Waals surface area contributed by atoms with Gasteiger partial charge in [0, 0.05) is 17.3 Å². The topological polar surface area (TPSA) is 38.5 Å². The zero-order valence-electron chi connectivity index (χ0n) is 14.7. The molecule has 3 aliphatic carbocycles. The number of ketones is 2. The predicted molar refractivity (Wildman–Crippen MR) is 89.3 cm³/mol. The van der Waals surface area contributed by atoms with E-state index in [1.54, 1.807) is 0 Å². The van der Waals surface area contributed by atoms with Crippen molar-refractivity contribution in [3.63, 3.8) is 0 Å². The Balaban J connectivity index is 2.27. The first-order valence-electron chi connectivity index (χ1n) is 8.48. The van der Waals surface area contributed by atoms with Crippen LogP contribution in [0.2, 0.25) is 0 Å². The summed E-state index contributed by atoms with van der Waals surface area (Å²) < 4.78 is 0. The summed E-state index contributed by atoms with van der Waals surface area (Å²) in [5.74, 6) is 0.581. The van der Waals surface area contributed by atoms with E-state index in [0.717, 1.165) is 18.4 Å². The largest absolute Gasteiger partial charge is 0.307 e. The molecule has 122 valence electrons. The number of nitrogens with zero attached hydrogens (tertiary/aromatic N) is 1. The van der Waals surface area contributed by atoms with E-state index in [1.165, 1.54) is 0 Å². The smallest absolute Gasteiger partial charge is 0.226 e. The second-order valence-electron chi connectivity index (χ2n) is 8.61. The molecule has 0 bridgehead atoms. The highest BCUT2D eigenvalue weighted by Crippen LogP contribution is 2.65. The normalized spacial score (nSPS) is 42.1. The molecule has 0 radical (unpaired) electrons. The van der Waals surface area contributed by atoms with Gasteiger partial charge in [-0.05, 0) is 36.2 Å². The van der Waals surface area contributed by atoms with E-state index in [0.29, 0.717) is 12.3 Å². The van der Waals surface area contributed by atoms with E-state index in [4.69, 9.17) is 6.57 Å². The average Bonchev–Trinajstić information content (AvgIpc) is 2.46. The van der Waals surface area contributed by atoms with Crippen LogP contribution in [0.25, 0.3) is 4.85 Å². The molecule has 0 aromatic rings. The Morgan fingerprint density at radius 2 is 1.87 bits per heavy atom. The average molecular weight is 311 g/mol. The molecule has 3 rings (SSSR count). The molecular weight excluding hydrogens is 286 g/mol. The zero-order chi connectivity index (χ0) is 17.2. The van der Waals surface area contributed by atoms with Gasteiger partial charge in [0.2, 0.25) is 5.70 Å². The highest BCUT2D eigenvalue weighted by atomic mass is 16.1. The SMILES string of the molecule is [C-]#[N+]C1=C[C@]2(C)C3=CC(=O)C[C@@H](C)[C@]3(C)CC[C@H]2C(C)(C)C1=O. The van der Waals surface area contributed by atoms with Crippen LogP contribution in [0.15, 0.2) is 23.4 Å². The van der Waals surface area contributed by atoms with Crippen molar-refractivity contribution in [2.45, 2.75) is 53.9 Å². The number of hydrogen-bond donors (Lipinski definition) is 0. The number of carbonyl (C=O) groups is 2. The van der Waals surface area contributed by atoms with Gasteiger partial charge in [0.05, 0.1) is 6.57 Å². The van der Waals surface area contributed by atoms with Crippen LogP contribution in [0.3, 0.4) is 0 Å². The molecule has 0 unspecified atom stereocenters. The maximum absolute atomic E-state index is 12.7. The minimum atomic E-state index is -0.560. The van der Waals surface area contributed by atoms with Crippen molar-refractivity contribution in [3.05, 3.63) is 34.8 Å². The monoisotopic (exact) mass is 311 g/mol. The summed E-state index contributed by atoms with van der Waals surface area (Å²) in [6.45, 7) is 17.9. The number of allylic oxidation sites excluding steroid dienone is 4. The Labute approximate surface area is 138 Å². The molecule has 0 aliphatic heterocycles. The van der Waals surface area contributed by atoms with Crippen LogP contribution in [0.4, 0.5) is 0 Å². The summed E-state index contributed by atoms with van der Waals surface area (Å²) in [4.78, 5) is 28.4. The highest BCUT2D eigenvalue weighted by molar-refractivity contribution is 6.02. The lowest BCUT2D eigenvalue weighted by atomic mass is 9.44. The summed E-state index contributed by atoms with van der Waals surface area (Å²) in [6, 6.07) is 0. The van der Waals surface area contributed by atoms with Gasteiger partial charge in [-0.1, -0.05) is 46.3 Å². The second-order valence-corrected chi connectivity index (χ2v) is 8.61. The fraction of sp³-hybridized carbons (Fsp3) is 0.650. The van der Waals surface area contributed by atoms with Crippen LogP contribution in [0.1, 0.15) is 53.9 Å². The molecule has 0 saturated heterocycles. The van der Waals surface area contributed by atoms with E-state index in [9.17, 15) is 9.59 Å². The van der Waals surface area contributed by atoms with Crippen molar-refractivity contribution < 1.29 is 9.59 Å². The third-order valence-corrected chi connectivity index (χ3v) is 7.02. The fourth-order valence-corrected chi connectivity index (χ4v) is 5.47. The van der Waals surface area contributed by atoms with Gasteiger partial charge in [-0.25, -0.2) is 4.85 Å². The molecule has 0 N–H and O–H groups in total. The van der Waals surface area contributed by atoms with Crippen molar-refractivity contribution in [1.82, 2.24) is 0 Å². The molecule has 0 heterocycles. The standard InChI is InChI=1S/C20H25NO2/c1-12-9-13(22)10-16-19(12,4)8-7-15-18(2,3)17(23)14(21-6)11-20(15,16)5/h10-12,15H,7-9H2,1-5H3/t12-,15+,19+,20+/m1/s1. The third kappa shape index (κ3) is 1.94. The first kappa shape index (κ1) is 16.2. The molecule has 0 aromatic heterocycles. The summed E-state index contributed by atoms with van der Waals surface area (Å²) in [5.41, 5.74) is 0.430. The first-order chi connectivity index (χ1) is 10.6. The highest BCUT2D eigenvalue weighted by Gasteiger charge is 2.59. The van der Waals surface area contributed by atoms with Crippen molar-refractivity contribution in [1.29, 1.82) is 0 Å². The van der Waals surface area contributed by atoms with Crippen LogP contribution in [0.5, 0.6) is 0 Å². The molecular formula is C20H25NO2. The van der Waals surface area contributed by atoms with Gasteiger partial charge < -0.3 is 4.79 Å². The first-order valence-corrected chi connectivity index (χ1v) is 8.48. The van der Waals surface area contributed by atoms with E-state index in [1.807, 2.05) is 26.0 Å². The molecule has 1 fully saturated rings. The summed E-state index contributed by atoms with van der Waals surface area (Å²) in [6.07, 6.45) is 6.26. The Morgan fingerprint density at radius 3 is 2.48 bits per heavy atom. The van der Waals surface area contributed by atoms with Gasteiger partial charge >= 0.3 is 0 Å². The molecule has 0 aromatic carbocycles. The van der Waals surface area contributed by atoms with Gasteiger partial charge in [0.1, 0.15) is 0 Å². The number of Topliss-reactive ketones (excluding diaryl/α,β-unsaturated/α-hetero) is 1. The summed E-state index contributed by atoms with van der Waals surface area (Å²) in [7, 11) is 0. The molecule has 3 aliphatic rings. The van der Waals surface area contributed by atoms with Crippen molar-refractivity contribution >= 4 is 11.6 Å². The van der Waals surface area contributed by atoms with E-state index < -0.39 is 5.41 Å². The van der Waals surface area contributed by atoms with Crippen molar-refractivity contribution in [2.24, 2.45) is 28.1 Å². The Morgan fingerprint density at radius 1 is 1.22 bits per heavy atom. The number of rotatable bonds is 0. The minimum Gasteiger partial charge on any atom is -0.307 e. The van der Waals surface area contributed by atoms with Crippen LogP contribution < -0.4 is 0 Å². The van der Waals surface area contributed by atoms with Crippen LogP contribution in [-0.2, 0) is 9.59 Å². The maximum Gasteiger partial charge on any atom is 0.226 e. The predicted octanol–water partition coefficient (Wildman–Crippen LogP) is 4.36. The van der Waals surface area contributed by atoms with Crippen molar-refractivity contribution in [2.75, 3.05) is 0 Å². The Bertz CT molecular complexity index is 706. The molecule has 3 nitrogen and oxygen atoms in total. The van der Waals surface area contributed by atoms with Crippen LogP contribution in [-0.4, -0.2) is 11.6 Å². The van der Waals surface area contributed by atoms with E-state index >= 15 is 0 Å². The van der Waals surface area contributed by atoms with Gasteiger partial charge in [-0.2, -0.15) is 0 Å². The Hall–Kier alpha value is -1.69. The number of hydrogen-bond acceptors (Lipinski definition) is 2. The van der Waals surface area contributed by atoms with Crippen LogP contribution >= 0.6 is 0 Å². The van der Waals surface area contributed by atoms with Gasteiger partial charge in [0.25, 0.3) is 0 Å². The van der Waals surface area contributed by atoms with Crippen molar-refractivity contribution in [3.8, 4) is 0 Å². The zero-order valence-corrected chi connectivity index (χ0v) is 14.7. The lowest BCUT2D eigenvalue weighted by molar-refractivity contribution is -0.131. The molecule has 4 atom stereocenters. The molecule has 0 spiro atoms. The molecule has 23 heavy (non-hydrogen) atoms. The minimum absolute atomic E-state index is 0.0146. The summed E-state index contributed by atoms with van der Waals surface area (Å²) in [5, 5.41) is 0. The number of fused-ring (bicyclic) bond motifs is 3. The van der Waals surface area contributed by atoms with Crippen LogP contribution in [0, 0.1) is 34.7 Å². The van der Waals surface area contributed by atoms with Gasteiger partial charge in [0.15, 0.2) is 11.6 Å². The van der Waals surface area contributed by atoms with Gasteiger partial charge in [-0.15, -0.1) is 0 Å². The molecule has 3 heteroatoms. The van der Waals surface area contributed by atoms with E-state index in [2.05, 4.69) is 25.6 Å². The molecule has 0 amide bonds. The number of carbonyl (C=O) groups excluding carboxylic acids is 2. The van der Waals surface area contributed by atoms with E-state index in [-0.39, 0.29) is 34.0 Å². The lowest BCUT2D eigenvalue weighted by Gasteiger charge is -2.59. The van der Waals surface area contributed by atoms with Gasteiger partial charge in [-0.3, -0.25) is 4.79 Å². The second kappa shape index (κ2) is 4.66. The quantitative estimate of drug-likeness (QED) is 0.624. The Kier molecular flexibility index (Phi) is 3.28. The molecule has 1 saturated carbocycles. The lowest BCUT2D eigenvalue weighted by Crippen LogP contribution is -2.54. The third-order valence-electron chi connectivity index (χ3n) is 7.02. The maximum atomic E-state index is 12.7. The fourth-order valence-electron chi connectivity index (χ4n) is 5.47. The summed E-state index contributed by atoms with van der Waals surface area (Å²) >= 11 is 0.